The number of hydrogen-bond donors (Lipinski definition) is 1. The molecule has 0 saturated carbocycles. The Labute approximate surface area is 114 Å². The number of rotatable bonds is 4. The maximum atomic E-state index is 14.2. The van der Waals surface area contributed by atoms with Gasteiger partial charge in [0.05, 0.1) is 12.3 Å². The second-order valence-electron chi connectivity index (χ2n) is 5.38. The molecule has 1 aromatic rings. The van der Waals surface area contributed by atoms with Crippen molar-refractivity contribution in [3.05, 3.63) is 29.6 Å². The van der Waals surface area contributed by atoms with Crippen molar-refractivity contribution in [3.63, 3.8) is 0 Å². The molecule has 1 aliphatic rings. The van der Waals surface area contributed by atoms with Crippen LogP contribution in [0.1, 0.15) is 31.4 Å². The van der Waals surface area contributed by atoms with Crippen LogP contribution >= 0.6 is 0 Å². The molecule has 0 radical (unpaired) electrons. The van der Waals surface area contributed by atoms with E-state index in [1.54, 1.807) is 13.2 Å². The van der Waals surface area contributed by atoms with Crippen LogP contribution in [-0.2, 0) is 4.74 Å². The number of methoxy groups -OCH3 is 1. The van der Waals surface area contributed by atoms with Gasteiger partial charge in [0, 0.05) is 26.2 Å². The zero-order valence-electron chi connectivity index (χ0n) is 11.7. The molecule has 4 heteroatoms. The monoisotopic (exact) mass is 266 g/mol. The lowest BCUT2D eigenvalue weighted by molar-refractivity contribution is 0.143. The number of nitrogens with two attached hydrogens (primary N) is 1. The van der Waals surface area contributed by atoms with Crippen molar-refractivity contribution in [2.45, 2.75) is 25.8 Å². The summed E-state index contributed by atoms with van der Waals surface area (Å²) in [4.78, 5) is 2.13. The fourth-order valence-electron chi connectivity index (χ4n) is 2.87. The average molecular weight is 266 g/mol. The number of anilines is 1. The first-order valence-electron chi connectivity index (χ1n) is 6.91. The number of hydrogen-bond acceptors (Lipinski definition) is 3. The number of nitrogens with zero attached hydrogens (tertiary/aromatic N) is 1. The Morgan fingerprint density at radius 1 is 1.53 bits per heavy atom. The highest BCUT2D eigenvalue weighted by Gasteiger charge is 2.24. The van der Waals surface area contributed by atoms with Crippen LogP contribution in [0.2, 0.25) is 0 Å². The fraction of sp³-hybridized carbons (Fsp3) is 0.600. The van der Waals surface area contributed by atoms with Gasteiger partial charge in [0.25, 0.3) is 0 Å². The molecule has 106 valence electrons. The van der Waals surface area contributed by atoms with Crippen LogP contribution in [0.5, 0.6) is 0 Å². The van der Waals surface area contributed by atoms with Gasteiger partial charge in [0.2, 0.25) is 0 Å². The second-order valence-corrected chi connectivity index (χ2v) is 5.38. The normalized spacial score (nSPS) is 21.5. The lowest BCUT2D eigenvalue weighted by Crippen LogP contribution is -2.38. The number of halogens is 1. The molecule has 1 heterocycles. The molecule has 2 unspecified atom stereocenters. The van der Waals surface area contributed by atoms with Gasteiger partial charge >= 0.3 is 0 Å². The van der Waals surface area contributed by atoms with E-state index in [2.05, 4.69) is 4.90 Å². The highest BCUT2D eigenvalue weighted by atomic mass is 19.1. The number of benzene rings is 1. The summed E-state index contributed by atoms with van der Waals surface area (Å²) in [6.07, 6.45) is 2.22. The molecule has 2 atom stereocenters. The largest absolute Gasteiger partial charge is 0.384 e. The minimum absolute atomic E-state index is 0.159. The Bertz CT molecular complexity index is 421. The van der Waals surface area contributed by atoms with Gasteiger partial charge in [-0.2, -0.15) is 0 Å². The Balaban J connectivity index is 2.25. The molecule has 1 fully saturated rings. The minimum Gasteiger partial charge on any atom is -0.384 e. The smallest absolute Gasteiger partial charge is 0.146 e. The van der Waals surface area contributed by atoms with Gasteiger partial charge in [-0.25, -0.2) is 4.39 Å². The van der Waals surface area contributed by atoms with E-state index in [0.717, 1.165) is 38.1 Å². The Hall–Kier alpha value is -1.13. The summed E-state index contributed by atoms with van der Waals surface area (Å²) in [5.74, 6) is 0.298. The maximum Gasteiger partial charge on any atom is 0.146 e. The van der Waals surface area contributed by atoms with Crippen LogP contribution in [0.25, 0.3) is 0 Å². The van der Waals surface area contributed by atoms with Gasteiger partial charge in [0.1, 0.15) is 5.82 Å². The molecule has 1 aromatic carbocycles. The predicted octanol–water partition coefficient (Wildman–Crippen LogP) is 2.71. The summed E-state index contributed by atoms with van der Waals surface area (Å²) in [7, 11) is 1.72. The van der Waals surface area contributed by atoms with E-state index in [-0.39, 0.29) is 11.9 Å². The lowest BCUT2D eigenvalue weighted by atomic mass is 9.96. The van der Waals surface area contributed by atoms with Crippen molar-refractivity contribution in [1.29, 1.82) is 0 Å². The van der Waals surface area contributed by atoms with Crippen molar-refractivity contribution in [3.8, 4) is 0 Å². The third-order valence-corrected chi connectivity index (χ3v) is 3.75. The van der Waals surface area contributed by atoms with Crippen LogP contribution in [0.4, 0.5) is 10.1 Å². The van der Waals surface area contributed by atoms with E-state index < -0.39 is 0 Å². The van der Waals surface area contributed by atoms with Crippen molar-refractivity contribution in [2.24, 2.45) is 11.7 Å². The molecular formula is C15H23FN2O. The minimum atomic E-state index is -0.173. The zero-order valence-corrected chi connectivity index (χ0v) is 11.7. The Morgan fingerprint density at radius 2 is 2.32 bits per heavy atom. The summed E-state index contributed by atoms with van der Waals surface area (Å²) < 4.78 is 19.4. The first-order chi connectivity index (χ1) is 9.13. The van der Waals surface area contributed by atoms with E-state index in [0.29, 0.717) is 11.6 Å². The summed E-state index contributed by atoms with van der Waals surface area (Å²) in [6.45, 7) is 4.36. The third kappa shape index (κ3) is 3.25. The first kappa shape index (κ1) is 14.3. The van der Waals surface area contributed by atoms with Gasteiger partial charge < -0.3 is 15.4 Å². The van der Waals surface area contributed by atoms with Crippen LogP contribution in [-0.4, -0.2) is 26.8 Å². The molecule has 0 aromatic heterocycles. The van der Waals surface area contributed by atoms with Crippen molar-refractivity contribution in [2.75, 3.05) is 31.7 Å². The molecular weight excluding hydrogens is 243 g/mol. The van der Waals surface area contributed by atoms with Crippen LogP contribution in [0.3, 0.4) is 0 Å². The molecule has 0 amide bonds. The Kier molecular flexibility index (Phi) is 4.77. The van der Waals surface area contributed by atoms with E-state index in [1.807, 2.05) is 13.0 Å². The lowest BCUT2D eigenvalue weighted by Gasteiger charge is -2.36. The number of piperidine rings is 1. The van der Waals surface area contributed by atoms with Crippen LogP contribution in [0.15, 0.2) is 18.2 Å². The van der Waals surface area contributed by atoms with Gasteiger partial charge in [-0.3, -0.25) is 0 Å². The highest BCUT2D eigenvalue weighted by Crippen LogP contribution is 2.31. The number of ether oxygens (including phenoxy) is 1. The van der Waals surface area contributed by atoms with Gasteiger partial charge in [-0.15, -0.1) is 0 Å². The molecule has 19 heavy (non-hydrogen) atoms. The quantitative estimate of drug-likeness (QED) is 0.910. The maximum absolute atomic E-state index is 14.2. The molecule has 0 spiro atoms. The second kappa shape index (κ2) is 6.35. The van der Waals surface area contributed by atoms with Crippen molar-refractivity contribution >= 4 is 5.69 Å². The topological polar surface area (TPSA) is 38.5 Å². The van der Waals surface area contributed by atoms with E-state index in [9.17, 15) is 4.39 Å². The average Bonchev–Trinajstić information content (AvgIpc) is 2.39. The van der Waals surface area contributed by atoms with Gasteiger partial charge in [0.15, 0.2) is 0 Å². The van der Waals surface area contributed by atoms with Crippen LogP contribution in [0, 0.1) is 11.7 Å². The predicted molar refractivity (Wildman–Crippen MR) is 75.8 cm³/mol. The summed E-state index contributed by atoms with van der Waals surface area (Å²) in [5, 5.41) is 0. The zero-order chi connectivity index (χ0) is 13.8. The SMILES string of the molecule is COCC1CCCN(c2c(F)cccc2C(C)N)C1. The van der Waals surface area contributed by atoms with Crippen molar-refractivity contribution in [1.82, 2.24) is 0 Å². The standard InChI is InChI=1S/C15H23FN2O/c1-11(17)13-6-3-7-14(16)15(13)18-8-4-5-12(9-18)10-19-2/h3,6-7,11-12H,4-5,8-10,17H2,1-2H3. The Morgan fingerprint density at radius 3 is 3.00 bits per heavy atom. The highest BCUT2D eigenvalue weighted by molar-refractivity contribution is 5.56. The fourth-order valence-corrected chi connectivity index (χ4v) is 2.87. The molecule has 0 bridgehead atoms. The van der Waals surface area contributed by atoms with Gasteiger partial charge in [-0.05, 0) is 37.3 Å². The molecule has 1 saturated heterocycles. The van der Waals surface area contributed by atoms with E-state index >= 15 is 0 Å². The third-order valence-electron chi connectivity index (χ3n) is 3.75. The number of para-hydroxylation sites is 1. The van der Waals surface area contributed by atoms with Crippen LogP contribution < -0.4 is 10.6 Å². The summed E-state index contributed by atoms with van der Waals surface area (Å²) in [6, 6.07) is 5.01. The van der Waals surface area contributed by atoms with Gasteiger partial charge in [-0.1, -0.05) is 12.1 Å². The van der Waals surface area contributed by atoms with Crippen molar-refractivity contribution < 1.29 is 9.13 Å². The molecule has 0 aliphatic carbocycles. The molecule has 2 N–H and O–H groups in total. The summed E-state index contributed by atoms with van der Waals surface area (Å²) >= 11 is 0. The molecule has 3 nitrogen and oxygen atoms in total. The molecule has 2 rings (SSSR count). The first-order valence-corrected chi connectivity index (χ1v) is 6.91. The van der Waals surface area contributed by atoms with E-state index in [4.69, 9.17) is 10.5 Å². The summed E-state index contributed by atoms with van der Waals surface area (Å²) in [5.41, 5.74) is 7.53. The molecule has 1 aliphatic heterocycles. The van der Waals surface area contributed by atoms with E-state index in [1.165, 1.54) is 6.07 Å².